The zero-order chi connectivity index (χ0) is 22.1. The maximum atomic E-state index is 14.1. The van der Waals surface area contributed by atoms with Crippen LogP contribution in [0.15, 0.2) is 48.5 Å². The summed E-state index contributed by atoms with van der Waals surface area (Å²) in [4.78, 5) is 24.3. The average Bonchev–Trinajstić information content (AvgIpc) is 2.80. The Morgan fingerprint density at radius 1 is 0.967 bits per heavy atom. The largest absolute Gasteiger partial charge is 0.497 e. The summed E-state index contributed by atoms with van der Waals surface area (Å²) in [5.74, 6) is -0.616. The first kappa shape index (κ1) is 22.8. The first-order valence-corrected chi connectivity index (χ1v) is 8.88. The van der Waals surface area contributed by atoms with E-state index in [1.54, 1.807) is 12.1 Å². The molecule has 0 unspecified atom stereocenters. The summed E-state index contributed by atoms with van der Waals surface area (Å²) < 4.78 is 34.1. The fourth-order valence-electron chi connectivity index (χ4n) is 2.44. The van der Waals surface area contributed by atoms with E-state index in [-0.39, 0.29) is 11.1 Å². The fourth-order valence-corrected chi connectivity index (χ4v) is 2.44. The van der Waals surface area contributed by atoms with Gasteiger partial charge in [0.2, 0.25) is 0 Å². The van der Waals surface area contributed by atoms with E-state index in [0.29, 0.717) is 17.7 Å². The van der Waals surface area contributed by atoms with Crippen molar-refractivity contribution in [2.24, 2.45) is 0 Å². The van der Waals surface area contributed by atoms with Gasteiger partial charge in [-0.15, -0.1) is 0 Å². The number of carbonyl (C=O) groups excluding carboxylic acids is 2. The first-order valence-electron chi connectivity index (χ1n) is 8.88. The zero-order valence-electron chi connectivity index (χ0n) is 16.4. The highest BCUT2D eigenvalue weighted by molar-refractivity contribution is 5.90. The lowest BCUT2D eigenvalue weighted by Gasteiger charge is -2.24. The van der Waals surface area contributed by atoms with Crippen LogP contribution in [0.3, 0.4) is 0 Å². The van der Waals surface area contributed by atoms with Crippen molar-refractivity contribution < 1.29 is 38.0 Å². The Labute approximate surface area is 172 Å². The van der Waals surface area contributed by atoms with Crippen molar-refractivity contribution >= 4 is 18.2 Å². The fraction of sp³-hybridized carbons (Fsp3) is 0.286. The topological polar surface area (TPSA) is 115 Å². The van der Waals surface area contributed by atoms with Gasteiger partial charge in [-0.25, -0.2) is 14.0 Å². The van der Waals surface area contributed by atoms with E-state index >= 15 is 0 Å². The SMILES string of the molecule is COc1ccc(C(=O)OC[C@@H](O)[C@@H](OC(=O)c2ccc(OC)cc2)[C@H](F)C=N)cc1. The molecule has 0 bridgehead atoms. The molecule has 2 N–H and O–H groups in total. The van der Waals surface area contributed by atoms with Crippen LogP contribution in [0.25, 0.3) is 0 Å². The number of aliphatic hydroxyl groups excluding tert-OH is 1. The molecular weight excluding hydrogens is 397 g/mol. The van der Waals surface area contributed by atoms with Gasteiger partial charge in [0.25, 0.3) is 0 Å². The standard InChI is InChI=1S/C21H22FNO7/c1-27-15-7-3-13(4-8-15)20(25)29-12-18(24)19(17(22)11-23)30-21(26)14-5-9-16(28-2)10-6-14/h3-11,17-19,23-24H,12H2,1-2H3/t17-,18-,19+/m1/s1. The van der Waals surface area contributed by atoms with Gasteiger partial charge < -0.3 is 29.5 Å². The lowest BCUT2D eigenvalue weighted by atomic mass is 10.1. The molecule has 0 aliphatic heterocycles. The number of esters is 2. The van der Waals surface area contributed by atoms with Crippen LogP contribution < -0.4 is 9.47 Å². The molecule has 0 heterocycles. The molecule has 0 fully saturated rings. The Hall–Kier alpha value is -3.46. The second kappa shape index (κ2) is 10.9. The zero-order valence-corrected chi connectivity index (χ0v) is 16.4. The van der Waals surface area contributed by atoms with E-state index in [2.05, 4.69) is 0 Å². The van der Waals surface area contributed by atoms with Gasteiger partial charge in [-0.05, 0) is 48.5 Å². The maximum absolute atomic E-state index is 14.1. The van der Waals surface area contributed by atoms with Crippen LogP contribution in [-0.2, 0) is 9.47 Å². The van der Waals surface area contributed by atoms with Crippen molar-refractivity contribution in [3.63, 3.8) is 0 Å². The summed E-state index contributed by atoms with van der Waals surface area (Å²) in [6.45, 7) is -0.639. The Morgan fingerprint density at radius 3 is 1.87 bits per heavy atom. The molecule has 2 rings (SSSR count). The minimum absolute atomic E-state index is 0.0976. The van der Waals surface area contributed by atoms with Crippen molar-refractivity contribution in [1.82, 2.24) is 0 Å². The number of carbonyl (C=O) groups is 2. The summed E-state index contributed by atoms with van der Waals surface area (Å²) in [6, 6.07) is 11.9. The number of halogens is 1. The molecule has 0 spiro atoms. The molecule has 0 aliphatic carbocycles. The van der Waals surface area contributed by atoms with Gasteiger partial charge in [-0.1, -0.05) is 0 Å². The lowest BCUT2D eigenvalue weighted by molar-refractivity contribution is -0.0591. The number of alkyl halides is 1. The molecule has 0 saturated carbocycles. The molecule has 0 saturated heterocycles. The summed E-state index contributed by atoms with van der Waals surface area (Å²) >= 11 is 0. The minimum Gasteiger partial charge on any atom is -0.497 e. The molecule has 0 aromatic heterocycles. The predicted octanol–water partition coefficient (Wildman–Crippen LogP) is 2.43. The third-order valence-corrected chi connectivity index (χ3v) is 4.13. The maximum Gasteiger partial charge on any atom is 0.338 e. The lowest BCUT2D eigenvalue weighted by Crippen LogP contribution is -2.42. The van der Waals surface area contributed by atoms with Crippen LogP contribution in [0.4, 0.5) is 4.39 Å². The minimum atomic E-state index is -2.10. The Kier molecular flexibility index (Phi) is 8.30. The molecule has 0 aliphatic rings. The number of nitrogens with one attached hydrogen (secondary N) is 1. The van der Waals surface area contributed by atoms with Crippen molar-refractivity contribution in [3.8, 4) is 11.5 Å². The van der Waals surface area contributed by atoms with E-state index in [9.17, 15) is 19.1 Å². The van der Waals surface area contributed by atoms with Crippen molar-refractivity contribution in [1.29, 1.82) is 5.41 Å². The number of hydrogen-bond donors (Lipinski definition) is 2. The molecule has 0 amide bonds. The Morgan fingerprint density at radius 2 is 1.43 bits per heavy atom. The smallest absolute Gasteiger partial charge is 0.338 e. The second-order valence-corrected chi connectivity index (χ2v) is 6.10. The van der Waals surface area contributed by atoms with Gasteiger partial charge in [0.1, 0.15) is 24.2 Å². The number of ether oxygens (including phenoxy) is 4. The van der Waals surface area contributed by atoms with E-state index < -0.39 is 36.9 Å². The number of hydrogen-bond acceptors (Lipinski definition) is 8. The van der Waals surface area contributed by atoms with Crippen LogP contribution in [0.1, 0.15) is 20.7 Å². The van der Waals surface area contributed by atoms with Crippen LogP contribution in [0.5, 0.6) is 11.5 Å². The van der Waals surface area contributed by atoms with Gasteiger partial charge in [0.05, 0.1) is 25.3 Å². The van der Waals surface area contributed by atoms with Gasteiger partial charge in [0, 0.05) is 6.21 Å². The number of methoxy groups -OCH3 is 2. The van der Waals surface area contributed by atoms with Gasteiger partial charge in [0.15, 0.2) is 12.3 Å². The second-order valence-electron chi connectivity index (χ2n) is 6.10. The molecule has 160 valence electrons. The molecule has 8 nitrogen and oxygen atoms in total. The highest BCUT2D eigenvalue weighted by Gasteiger charge is 2.32. The van der Waals surface area contributed by atoms with Crippen LogP contribution in [-0.4, -0.2) is 62.5 Å². The molecule has 3 atom stereocenters. The van der Waals surface area contributed by atoms with Gasteiger partial charge in [-0.3, -0.25) is 0 Å². The predicted molar refractivity (Wildman–Crippen MR) is 105 cm³/mol. The summed E-state index contributed by atoms with van der Waals surface area (Å²) in [5, 5.41) is 17.3. The van der Waals surface area contributed by atoms with E-state index in [0.717, 1.165) is 0 Å². The number of benzene rings is 2. The van der Waals surface area contributed by atoms with Crippen LogP contribution >= 0.6 is 0 Å². The first-order chi connectivity index (χ1) is 14.4. The van der Waals surface area contributed by atoms with Gasteiger partial charge >= 0.3 is 11.9 Å². The third-order valence-electron chi connectivity index (χ3n) is 4.13. The molecule has 2 aromatic rings. The van der Waals surface area contributed by atoms with Gasteiger partial charge in [-0.2, -0.15) is 0 Å². The molecular formula is C21H22FNO7. The quantitative estimate of drug-likeness (QED) is 0.449. The highest BCUT2D eigenvalue weighted by Crippen LogP contribution is 2.17. The monoisotopic (exact) mass is 419 g/mol. The van der Waals surface area contributed by atoms with Crippen molar-refractivity contribution in [3.05, 3.63) is 59.7 Å². The number of rotatable bonds is 10. The third kappa shape index (κ3) is 6.02. The molecule has 30 heavy (non-hydrogen) atoms. The number of aliphatic hydroxyl groups is 1. The van der Waals surface area contributed by atoms with E-state index in [1.165, 1.54) is 50.6 Å². The highest BCUT2D eigenvalue weighted by atomic mass is 19.1. The molecule has 9 heteroatoms. The molecule has 2 aromatic carbocycles. The summed E-state index contributed by atoms with van der Waals surface area (Å²) in [5.41, 5.74) is 0.291. The van der Waals surface area contributed by atoms with Crippen LogP contribution in [0.2, 0.25) is 0 Å². The Balaban J connectivity index is 2.01. The van der Waals surface area contributed by atoms with Crippen molar-refractivity contribution in [2.75, 3.05) is 20.8 Å². The summed E-state index contributed by atoms with van der Waals surface area (Å²) in [6.07, 6.45) is -5.13. The molecule has 0 radical (unpaired) electrons. The van der Waals surface area contributed by atoms with E-state index in [1.807, 2.05) is 0 Å². The van der Waals surface area contributed by atoms with Crippen molar-refractivity contribution in [2.45, 2.75) is 18.4 Å². The Bertz CT molecular complexity index is 855. The normalized spacial score (nSPS) is 13.5. The summed E-state index contributed by atoms with van der Waals surface area (Å²) in [7, 11) is 2.94. The van der Waals surface area contributed by atoms with Crippen LogP contribution in [0, 0.1) is 5.41 Å². The van der Waals surface area contributed by atoms with E-state index in [4.69, 9.17) is 24.4 Å². The average molecular weight is 419 g/mol.